The van der Waals surface area contributed by atoms with Gasteiger partial charge in [-0.25, -0.2) is 4.98 Å². The Morgan fingerprint density at radius 3 is 2.55 bits per heavy atom. The summed E-state index contributed by atoms with van der Waals surface area (Å²) >= 11 is 0. The Kier molecular flexibility index (Phi) is 9.24. The Morgan fingerprint density at radius 1 is 1.14 bits per heavy atom. The Hall–Kier alpha value is -2.80. The molecule has 0 aliphatic carbocycles. The molecule has 1 aromatic carbocycles. The maximum atomic E-state index is 12.7. The second-order valence-corrected chi connectivity index (χ2v) is 7.07. The van der Waals surface area contributed by atoms with E-state index in [0.717, 1.165) is 18.5 Å². The van der Waals surface area contributed by atoms with Crippen molar-refractivity contribution < 1.29 is 14.3 Å². The van der Waals surface area contributed by atoms with Gasteiger partial charge in [-0.2, -0.15) is 0 Å². The molecular formula is C22H30N4O3. The maximum Gasteiger partial charge on any atom is 0.274 e. The number of benzene rings is 1. The number of aryl methyl sites for hydroxylation is 2. The van der Waals surface area contributed by atoms with Gasteiger partial charge in [0, 0.05) is 38.9 Å². The van der Waals surface area contributed by atoms with E-state index in [1.807, 2.05) is 32.0 Å². The fourth-order valence-electron chi connectivity index (χ4n) is 2.86. The number of carbonyl (C=O) groups is 2. The number of hydrogen-bond acceptors (Lipinski definition) is 5. The van der Waals surface area contributed by atoms with Gasteiger partial charge in [-0.1, -0.05) is 30.3 Å². The lowest BCUT2D eigenvalue weighted by atomic mass is 10.1. The first kappa shape index (κ1) is 22.5. The van der Waals surface area contributed by atoms with E-state index in [4.69, 9.17) is 4.74 Å². The number of hydrogen-bond donors (Lipinski definition) is 1. The molecule has 0 saturated carbocycles. The predicted octanol–water partition coefficient (Wildman–Crippen LogP) is 2.40. The van der Waals surface area contributed by atoms with Crippen LogP contribution in [-0.4, -0.2) is 59.5 Å². The highest BCUT2D eigenvalue weighted by molar-refractivity contribution is 5.92. The molecule has 2 amide bonds. The van der Waals surface area contributed by atoms with Crippen molar-refractivity contribution in [3.8, 4) is 0 Å². The molecule has 0 saturated heterocycles. The third kappa shape index (κ3) is 7.99. The lowest BCUT2D eigenvalue weighted by molar-refractivity contribution is -0.121. The largest absolute Gasteiger partial charge is 0.383 e. The van der Waals surface area contributed by atoms with E-state index in [9.17, 15) is 9.59 Å². The van der Waals surface area contributed by atoms with Crippen LogP contribution in [0.15, 0.2) is 42.7 Å². The zero-order chi connectivity index (χ0) is 21.1. The molecule has 29 heavy (non-hydrogen) atoms. The molecule has 1 N–H and O–H groups in total. The van der Waals surface area contributed by atoms with Crippen molar-refractivity contribution >= 4 is 11.8 Å². The zero-order valence-corrected chi connectivity index (χ0v) is 17.4. The van der Waals surface area contributed by atoms with Gasteiger partial charge in [-0.3, -0.25) is 14.6 Å². The smallest absolute Gasteiger partial charge is 0.274 e. The third-order valence-electron chi connectivity index (χ3n) is 4.58. The Morgan fingerprint density at radius 2 is 1.90 bits per heavy atom. The molecule has 0 fully saturated rings. The quantitative estimate of drug-likeness (QED) is 0.628. The second-order valence-electron chi connectivity index (χ2n) is 7.07. The van der Waals surface area contributed by atoms with Crippen LogP contribution in [0.3, 0.4) is 0 Å². The number of nitrogens with zero attached hydrogens (tertiary/aromatic N) is 3. The lowest BCUT2D eigenvalue weighted by Crippen LogP contribution is -2.39. The minimum Gasteiger partial charge on any atom is -0.383 e. The molecule has 0 spiro atoms. The van der Waals surface area contributed by atoms with E-state index in [0.29, 0.717) is 19.7 Å². The van der Waals surface area contributed by atoms with Crippen molar-refractivity contribution in [3.63, 3.8) is 0 Å². The fraction of sp³-hybridized carbons (Fsp3) is 0.455. The summed E-state index contributed by atoms with van der Waals surface area (Å²) in [5.74, 6) is -0.324. The van der Waals surface area contributed by atoms with Crippen LogP contribution in [0.4, 0.5) is 0 Å². The van der Waals surface area contributed by atoms with E-state index < -0.39 is 0 Å². The summed E-state index contributed by atoms with van der Waals surface area (Å²) in [7, 11) is 1.58. The molecule has 0 radical (unpaired) electrons. The molecular weight excluding hydrogens is 368 g/mol. The SMILES string of the molecule is COCCN(CCC(=O)NC(C)CCc1ccccc1)C(=O)c1cnc(C)cn1. The van der Waals surface area contributed by atoms with E-state index in [2.05, 4.69) is 27.4 Å². The van der Waals surface area contributed by atoms with Crippen LogP contribution in [0, 0.1) is 6.92 Å². The van der Waals surface area contributed by atoms with Gasteiger partial charge in [-0.05, 0) is 32.3 Å². The van der Waals surface area contributed by atoms with Gasteiger partial charge in [0.15, 0.2) is 0 Å². The summed E-state index contributed by atoms with van der Waals surface area (Å²) in [6, 6.07) is 10.3. The predicted molar refractivity (Wildman–Crippen MR) is 112 cm³/mol. The third-order valence-corrected chi connectivity index (χ3v) is 4.58. The van der Waals surface area contributed by atoms with Crippen molar-refractivity contribution in [2.75, 3.05) is 26.8 Å². The first-order valence-electron chi connectivity index (χ1n) is 9.89. The summed E-state index contributed by atoms with van der Waals surface area (Å²) in [5.41, 5.74) is 2.27. The van der Waals surface area contributed by atoms with Crippen LogP contribution >= 0.6 is 0 Å². The van der Waals surface area contributed by atoms with Gasteiger partial charge in [0.25, 0.3) is 5.91 Å². The number of methoxy groups -OCH3 is 1. The Bertz CT molecular complexity index is 765. The van der Waals surface area contributed by atoms with Gasteiger partial charge >= 0.3 is 0 Å². The monoisotopic (exact) mass is 398 g/mol. The summed E-state index contributed by atoms with van der Waals surface area (Å²) < 4.78 is 5.09. The molecule has 1 aromatic heterocycles. The second kappa shape index (κ2) is 11.9. The molecule has 2 rings (SSSR count). The Balaban J connectivity index is 1.83. The molecule has 1 unspecified atom stereocenters. The molecule has 7 nitrogen and oxygen atoms in total. The van der Waals surface area contributed by atoms with Crippen LogP contribution in [0.25, 0.3) is 0 Å². The molecule has 0 aliphatic heterocycles. The minimum atomic E-state index is -0.250. The highest BCUT2D eigenvalue weighted by Gasteiger charge is 2.19. The number of rotatable bonds is 11. The average Bonchev–Trinajstić information content (AvgIpc) is 2.73. The van der Waals surface area contributed by atoms with E-state index >= 15 is 0 Å². The molecule has 7 heteroatoms. The first-order chi connectivity index (χ1) is 14.0. The Labute approximate surface area is 172 Å². The van der Waals surface area contributed by atoms with Crippen molar-refractivity contribution in [3.05, 3.63) is 59.7 Å². The van der Waals surface area contributed by atoms with Crippen LogP contribution < -0.4 is 5.32 Å². The minimum absolute atomic E-state index is 0.0637. The normalized spacial score (nSPS) is 11.7. The van der Waals surface area contributed by atoms with Gasteiger partial charge in [-0.15, -0.1) is 0 Å². The van der Waals surface area contributed by atoms with Crippen LogP contribution in [0.1, 0.15) is 41.5 Å². The zero-order valence-electron chi connectivity index (χ0n) is 17.4. The van der Waals surface area contributed by atoms with Crippen LogP contribution in [0.2, 0.25) is 0 Å². The van der Waals surface area contributed by atoms with Crippen molar-refractivity contribution in [2.24, 2.45) is 0 Å². The summed E-state index contributed by atoms with van der Waals surface area (Å²) in [4.78, 5) is 34.9. The topological polar surface area (TPSA) is 84.4 Å². The van der Waals surface area contributed by atoms with Gasteiger partial charge in [0.05, 0.1) is 18.5 Å². The lowest BCUT2D eigenvalue weighted by Gasteiger charge is -2.22. The molecule has 1 atom stereocenters. The van der Waals surface area contributed by atoms with Crippen LogP contribution in [0.5, 0.6) is 0 Å². The summed E-state index contributed by atoms with van der Waals surface area (Å²) in [6.07, 6.45) is 5.02. The van der Waals surface area contributed by atoms with E-state index in [1.165, 1.54) is 11.8 Å². The number of carbonyl (C=O) groups excluding carboxylic acids is 2. The molecule has 1 heterocycles. The maximum absolute atomic E-state index is 12.7. The number of amides is 2. The number of ether oxygens (including phenoxy) is 1. The summed E-state index contributed by atoms with van der Waals surface area (Å²) in [6.45, 7) is 4.89. The van der Waals surface area contributed by atoms with E-state index in [1.54, 1.807) is 18.2 Å². The molecule has 2 aromatic rings. The highest BCUT2D eigenvalue weighted by atomic mass is 16.5. The average molecular weight is 399 g/mol. The van der Waals surface area contributed by atoms with Gasteiger partial charge < -0.3 is 15.0 Å². The molecule has 0 bridgehead atoms. The first-order valence-corrected chi connectivity index (χ1v) is 9.89. The molecule has 156 valence electrons. The number of nitrogens with one attached hydrogen (secondary N) is 1. The van der Waals surface area contributed by atoms with Crippen molar-refractivity contribution in [1.82, 2.24) is 20.2 Å². The van der Waals surface area contributed by atoms with Crippen molar-refractivity contribution in [1.29, 1.82) is 0 Å². The molecule has 0 aliphatic rings. The summed E-state index contributed by atoms with van der Waals surface area (Å²) in [5, 5.41) is 3.01. The van der Waals surface area contributed by atoms with Gasteiger partial charge in [0.2, 0.25) is 5.91 Å². The number of aromatic nitrogens is 2. The van der Waals surface area contributed by atoms with Gasteiger partial charge in [0.1, 0.15) is 5.69 Å². The standard InChI is InChI=1S/C22H30N4O3/c1-17(9-10-19-7-5-4-6-8-19)25-21(27)11-12-26(13-14-29-3)22(28)20-16-23-18(2)15-24-20/h4-8,15-17H,9-14H2,1-3H3,(H,25,27). The van der Waals surface area contributed by atoms with Crippen LogP contribution in [-0.2, 0) is 16.0 Å². The fourth-order valence-corrected chi connectivity index (χ4v) is 2.86. The highest BCUT2D eigenvalue weighted by Crippen LogP contribution is 2.06. The van der Waals surface area contributed by atoms with Crippen molar-refractivity contribution in [2.45, 2.75) is 39.2 Å². The van der Waals surface area contributed by atoms with E-state index in [-0.39, 0.29) is 30.0 Å².